The first-order chi connectivity index (χ1) is 14.7. The minimum absolute atomic E-state index is 0.205. The summed E-state index contributed by atoms with van der Waals surface area (Å²) in [5, 5.41) is 6.41. The third-order valence-electron chi connectivity index (χ3n) is 5.18. The molecule has 2 aliphatic rings. The molecule has 0 atom stereocenters. The highest BCUT2D eigenvalue weighted by Gasteiger charge is 2.28. The molecule has 0 unspecified atom stereocenters. The van der Waals surface area contributed by atoms with Gasteiger partial charge in [-0.3, -0.25) is 9.59 Å². The minimum Gasteiger partial charge on any atom is -0.486 e. The molecule has 2 amide bonds. The van der Waals surface area contributed by atoms with Crippen molar-refractivity contribution in [2.24, 2.45) is 0 Å². The number of nitrogens with one attached hydrogen (secondary N) is 2. The van der Waals surface area contributed by atoms with Gasteiger partial charge in [-0.05, 0) is 55.2 Å². The van der Waals surface area contributed by atoms with Gasteiger partial charge >= 0.3 is 0 Å². The molecule has 3 aromatic rings. The molecule has 0 saturated carbocycles. The Morgan fingerprint density at radius 2 is 1.90 bits per heavy atom. The smallest absolute Gasteiger partial charge is 0.256 e. The number of carbonyl (C=O) groups is 2. The highest BCUT2D eigenvalue weighted by atomic mass is 32.1. The summed E-state index contributed by atoms with van der Waals surface area (Å²) in [5.41, 5.74) is 2.05. The van der Waals surface area contributed by atoms with Crippen molar-refractivity contribution < 1.29 is 23.5 Å². The number of anilines is 1. The second-order valence-corrected chi connectivity index (χ2v) is 8.24. The number of thiophene rings is 1. The fourth-order valence-electron chi connectivity index (χ4n) is 3.76. The third-order valence-corrected chi connectivity index (χ3v) is 6.39. The van der Waals surface area contributed by atoms with Crippen LogP contribution in [0.25, 0.3) is 0 Å². The van der Waals surface area contributed by atoms with Gasteiger partial charge in [0, 0.05) is 10.4 Å². The first-order valence-corrected chi connectivity index (χ1v) is 10.7. The van der Waals surface area contributed by atoms with Crippen LogP contribution in [0.5, 0.6) is 11.5 Å². The van der Waals surface area contributed by atoms with Crippen molar-refractivity contribution in [3.05, 3.63) is 63.9 Å². The molecule has 2 N–H and O–H groups in total. The lowest BCUT2D eigenvalue weighted by atomic mass is 10.1. The first kappa shape index (κ1) is 18.7. The summed E-state index contributed by atoms with van der Waals surface area (Å²) in [6, 6.07) is 8.68. The normalized spacial score (nSPS) is 14.3. The number of hydrogen-bond acceptors (Lipinski definition) is 6. The number of ether oxygens (including phenoxy) is 2. The summed E-state index contributed by atoms with van der Waals surface area (Å²) in [7, 11) is 0. The highest BCUT2D eigenvalue weighted by molar-refractivity contribution is 7.17. The maximum atomic E-state index is 13.0. The van der Waals surface area contributed by atoms with Gasteiger partial charge in [0.2, 0.25) is 0 Å². The van der Waals surface area contributed by atoms with E-state index in [4.69, 9.17) is 13.9 Å². The molecule has 0 fully saturated rings. The van der Waals surface area contributed by atoms with Crippen LogP contribution in [0.2, 0.25) is 0 Å². The largest absolute Gasteiger partial charge is 0.486 e. The summed E-state index contributed by atoms with van der Waals surface area (Å²) < 4.78 is 16.4. The Morgan fingerprint density at radius 3 is 2.73 bits per heavy atom. The molecule has 5 rings (SSSR count). The van der Waals surface area contributed by atoms with Crippen LogP contribution < -0.4 is 20.1 Å². The van der Waals surface area contributed by atoms with Gasteiger partial charge in [0.25, 0.3) is 11.8 Å². The second kappa shape index (κ2) is 7.87. The average Bonchev–Trinajstić information content (AvgIpc) is 3.49. The van der Waals surface area contributed by atoms with E-state index in [0.717, 1.165) is 29.7 Å². The molecule has 1 aliphatic heterocycles. The maximum absolute atomic E-state index is 13.0. The molecule has 0 spiro atoms. The lowest BCUT2D eigenvalue weighted by Gasteiger charge is -2.18. The van der Waals surface area contributed by atoms with Crippen LogP contribution in [-0.4, -0.2) is 25.0 Å². The molecular formula is C22H20N2O5S. The SMILES string of the molecule is O=C(Nc1sc2c(c1C(=O)NCc1ccco1)CCC2)c1ccc2c(c1)OCCO2. The van der Waals surface area contributed by atoms with Crippen LogP contribution in [0.3, 0.4) is 0 Å². The van der Waals surface area contributed by atoms with Gasteiger partial charge in [-0.15, -0.1) is 11.3 Å². The fourth-order valence-corrected chi connectivity index (χ4v) is 5.04. The summed E-state index contributed by atoms with van der Waals surface area (Å²) in [6.07, 6.45) is 4.37. The molecule has 0 bridgehead atoms. The number of rotatable bonds is 5. The number of hydrogen-bond donors (Lipinski definition) is 2. The molecule has 3 heterocycles. The van der Waals surface area contributed by atoms with E-state index in [1.165, 1.54) is 11.3 Å². The molecule has 1 aromatic carbocycles. The van der Waals surface area contributed by atoms with E-state index in [0.29, 0.717) is 53.1 Å². The lowest BCUT2D eigenvalue weighted by molar-refractivity contribution is 0.0948. The van der Waals surface area contributed by atoms with Crippen molar-refractivity contribution >= 4 is 28.2 Å². The van der Waals surface area contributed by atoms with E-state index in [-0.39, 0.29) is 11.8 Å². The van der Waals surface area contributed by atoms with Gasteiger partial charge in [0.05, 0.1) is 18.4 Å². The Balaban J connectivity index is 1.38. The van der Waals surface area contributed by atoms with Crippen LogP contribution >= 0.6 is 11.3 Å². The summed E-state index contributed by atoms with van der Waals surface area (Å²) in [5.74, 6) is 1.37. The van der Waals surface area contributed by atoms with Crippen LogP contribution in [-0.2, 0) is 19.4 Å². The second-order valence-electron chi connectivity index (χ2n) is 7.14. The number of furan rings is 1. The zero-order valence-electron chi connectivity index (χ0n) is 16.2. The van der Waals surface area contributed by atoms with Gasteiger partial charge in [-0.2, -0.15) is 0 Å². The van der Waals surface area contributed by atoms with Crippen molar-refractivity contribution in [3.8, 4) is 11.5 Å². The molecule has 154 valence electrons. The Kier molecular flexibility index (Phi) is 4.92. The molecule has 0 saturated heterocycles. The van der Waals surface area contributed by atoms with Gasteiger partial charge in [0.15, 0.2) is 11.5 Å². The Morgan fingerprint density at radius 1 is 1.03 bits per heavy atom. The van der Waals surface area contributed by atoms with E-state index in [1.807, 2.05) is 6.07 Å². The maximum Gasteiger partial charge on any atom is 0.256 e. The van der Waals surface area contributed by atoms with Crippen LogP contribution in [0.15, 0.2) is 41.0 Å². The topological polar surface area (TPSA) is 89.8 Å². The molecule has 30 heavy (non-hydrogen) atoms. The van der Waals surface area contributed by atoms with E-state index in [9.17, 15) is 9.59 Å². The Bertz CT molecular complexity index is 1100. The monoisotopic (exact) mass is 424 g/mol. The van der Waals surface area contributed by atoms with Gasteiger partial charge < -0.3 is 24.5 Å². The molecule has 7 nitrogen and oxygen atoms in total. The predicted octanol–water partition coefficient (Wildman–Crippen LogP) is 3.78. The van der Waals surface area contributed by atoms with E-state index >= 15 is 0 Å². The van der Waals surface area contributed by atoms with Crippen LogP contribution in [0.4, 0.5) is 5.00 Å². The zero-order valence-corrected chi connectivity index (χ0v) is 17.0. The van der Waals surface area contributed by atoms with Crippen LogP contribution in [0.1, 0.15) is 43.3 Å². The van der Waals surface area contributed by atoms with Gasteiger partial charge in [-0.25, -0.2) is 0 Å². The number of amides is 2. The number of aryl methyl sites for hydroxylation is 1. The number of fused-ring (bicyclic) bond motifs is 2. The quantitative estimate of drug-likeness (QED) is 0.651. The van der Waals surface area contributed by atoms with Crippen molar-refractivity contribution in [2.45, 2.75) is 25.8 Å². The first-order valence-electron chi connectivity index (χ1n) is 9.85. The fraction of sp³-hybridized carbons (Fsp3) is 0.273. The molecule has 1 aliphatic carbocycles. The predicted molar refractivity (Wildman–Crippen MR) is 112 cm³/mol. The highest BCUT2D eigenvalue weighted by Crippen LogP contribution is 2.39. The van der Waals surface area contributed by atoms with Crippen molar-refractivity contribution in [2.75, 3.05) is 18.5 Å². The lowest BCUT2D eigenvalue weighted by Crippen LogP contribution is -2.25. The van der Waals surface area contributed by atoms with E-state index < -0.39 is 0 Å². The summed E-state index contributed by atoms with van der Waals surface area (Å²) in [6.45, 7) is 1.25. The molecule has 2 aromatic heterocycles. The zero-order chi connectivity index (χ0) is 20.5. The van der Waals surface area contributed by atoms with Gasteiger partial charge in [-0.1, -0.05) is 0 Å². The minimum atomic E-state index is -0.285. The third kappa shape index (κ3) is 3.54. The Labute approximate surface area is 177 Å². The molecule has 8 heteroatoms. The Hall–Kier alpha value is -3.26. The van der Waals surface area contributed by atoms with E-state index in [2.05, 4.69) is 10.6 Å². The number of benzene rings is 1. The number of carbonyl (C=O) groups excluding carboxylic acids is 2. The van der Waals surface area contributed by atoms with Crippen LogP contribution in [0, 0.1) is 0 Å². The van der Waals surface area contributed by atoms with Crippen molar-refractivity contribution in [1.29, 1.82) is 0 Å². The molecular weight excluding hydrogens is 404 g/mol. The van der Waals surface area contributed by atoms with Crippen molar-refractivity contribution in [1.82, 2.24) is 5.32 Å². The standard InChI is InChI=1S/C22H20N2O5S/c25-20(13-6-7-16-17(11-13)29-10-9-28-16)24-22-19(15-4-1-5-18(15)30-22)21(26)23-12-14-3-2-8-27-14/h2-3,6-8,11H,1,4-5,9-10,12H2,(H,23,26)(H,24,25). The van der Waals surface area contributed by atoms with Crippen molar-refractivity contribution in [3.63, 3.8) is 0 Å². The summed E-state index contributed by atoms with van der Waals surface area (Å²) >= 11 is 1.48. The summed E-state index contributed by atoms with van der Waals surface area (Å²) in [4.78, 5) is 27.0. The van der Waals surface area contributed by atoms with E-state index in [1.54, 1.807) is 30.5 Å². The average molecular weight is 424 g/mol. The molecule has 0 radical (unpaired) electrons. The van der Waals surface area contributed by atoms with Gasteiger partial charge in [0.1, 0.15) is 24.0 Å².